The van der Waals surface area contributed by atoms with Crippen molar-refractivity contribution in [3.8, 4) is 0 Å². The number of hydrogen-bond donors (Lipinski definition) is 0. The van der Waals surface area contributed by atoms with Gasteiger partial charge in [0.05, 0.1) is 16.4 Å². The average Bonchev–Trinajstić information content (AvgIpc) is 3.10. The summed E-state index contributed by atoms with van der Waals surface area (Å²) in [7, 11) is 0. The zero-order valence-electron chi connectivity index (χ0n) is 21.2. The van der Waals surface area contributed by atoms with E-state index in [0.29, 0.717) is 0 Å². The van der Waals surface area contributed by atoms with Crippen LogP contribution in [-0.2, 0) is 21.7 Å². The molecule has 0 saturated carbocycles. The van der Waals surface area contributed by atoms with E-state index in [4.69, 9.17) is 19.9 Å². The first-order valence-corrected chi connectivity index (χ1v) is 11.6. The van der Waals surface area contributed by atoms with Crippen LogP contribution in [0.4, 0.5) is 0 Å². The predicted molar refractivity (Wildman–Crippen MR) is 132 cm³/mol. The van der Waals surface area contributed by atoms with Gasteiger partial charge in [-0.15, -0.1) is 0 Å². The van der Waals surface area contributed by atoms with E-state index in [1.54, 1.807) is 0 Å². The Labute approximate surface area is 190 Å². The summed E-state index contributed by atoms with van der Waals surface area (Å²) < 4.78 is 2.25. The van der Waals surface area contributed by atoms with Crippen LogP contribution in [0, 0.1) is 0 Å². The fourth-order valence-electron chi connectivity index (χ4n) is 5.56. The Kier molecular flexibility index (Phi) is 4.03. The Hall–Kier alpha value is -2.56. The van der Waals surface area contributed by atoms with Gasteiger partial charge < -0.3 is 0 Å². The molecule has 0 radical (unpaired) electrons. The lowest BCUT2D eigenvalue weighted by molar-refractivity contribution is 0.403. The van der Waals surface area contributed by atoms with E-state index in [2.05, 4.69) is 85.8 Å². The molecule has 32 heavy (non-hydrogen) atoms. The number of benzene rings is 1. The smallest absolute Gasteiger partial charge is 0.168 e. The highest BCUT2D eigenvalue weighted by molar-refractivity contribution is 5.95. The molecular formula is C27H35N5. The van der Waals surface area contributed by atoms with Crippen LogP contribution >= 0.6 is 0 Å². The highest BCUT2D eigenvalue weighted by atomic mass is 15.1. The molecule has 5 nitrogen and oxygen atoms in total. The van der Waals surface area contributed by atoms with Gasteiger partial charge in [-0.05, 0) is 40.5 Å². The van der Waals surface area contributed by atoms with E-state index >= 15 is 0 Å². The lowest BCUT2D eigenvalue weighted by atomic mass is 9.82. The van der Waals surface area contributed by atoms with E-state index in [9.17, 15) is 0 Å². The lowest BCUT2D eigenvalue weighted by Crippen LogP contribution is -2.21. The molecule has 0 atom stereocenters. The van der Waals surface area contributed by atoms with Crippen LogP contribution in [0.2, 0.25) is 0 Å². The molecular weight excluding hydrogens is 394 g/mol. The number of rotatable bonds is 0. The van der Waals surface area contributed by atoms with Gasteiger partial charge in [0.2, 0.25) is 0 Å². The van der Waals surface area contributed by atoms with Crippen LogP contribution in [-0.4, -0.2) is 24.3 Å². The van der Waals surface area contributed by atoms with Crippen molar-refractivity contribution >= 4 is 27.7 Å². The maximum absolute atomic E-state index is 5.14. The number of imidazole rings is 1. The van der Waals surface area contributed by atoms with Crippen LogP contribution in [0.15, 0.2) is 18.3 Å². The zero-order chi connectivity index (χ0) is 23.4. The molecule has 0 saturated heterocycles. The third-order valence-corrected chi connectivity index (χ3v) is 6.91. The van der Waals surface area contributed by atoms with Crippen LogP contribution in [0.3, 0.4) is 0 Å². The molecule has 4 aromatic rings. The SMILES string of the molecule is CC(C)(C)c1ncc2c(n1)nc(C(C)(C)C)n1c3cc4c(cc3nc21)C(C)(C)CC4(C)C. The van der Waals surface area contributed by atoms with Gasteiger partial charge in [-0.3, -0.25) is 4.40 Å². The second-order valence-corrected chi connectivity index (χ2v) is 13.0. The van der Waals surface area contributed by atoms with Crippen LogP contribution < -0.4 is 0 Å². The molecule has 5 rings (SSSR count). The molecule has 0 aliphatic heterocycles. The molecule has 1 aliphatic carbocycles. The fourth-order valence-corrected chi connectivity index (χ4v) is 5.56. The topological polar surface area (TPSA) is 56.0 Å². The van der Waals surface area contributed by atoms with Crippen LogP contribution in [0.25, 0.3) is 27.7 Å². The molecule has 0 bridgehead atoms. The predicted octanol–water partition coefficient (Wildman–Crippen LogP) is 6.38. The highest BCUT2D eigenvalue weighted by Gasteiger charge is 2.42. The number of aromatic nitrogens is 5. The van der Waals surface area contributed by atoms with E-state index in [1.165, 1.54) is 11.1 Å². The fraction of sp³-hybridized carbons (Fsp3) is 0.556. The Morgan fingerprint density at radius 3 is 2.03 bits per heavy atom. The third-order valence-electron chi connectivity index (χ3n) is 6.91. The minimum absolute atomic E-state index is 0.133. The summed E-state index contributed by atoms with van der Waals surface area (Å²) in [6, 6.07) is 4.68. The molecule has 0 spiro atoms. The number of nitrogens with zero attached hydrogens (tertiary/aromatic N) is 5. The second kappa shape index (κ2) is 6.06. The summed E-state index contributed by atoms with van der Waals surface area (Å²) in [5.41, 5.74) is 6.59. The van der Waals surface area contributed by atoms with E-state index in [1.807, 2.05) is 6.20 Å². The molecule has 3 heterocycles. The first-order chi connectivity index (χ1) is 14.6. The normalized spacial score (nSPS) is 18.1. The molecule has 0 unspecified atom stereocenters. The summed E-state index contributed by atoms with van der Waals surface area (Å²) in [6.45, 7) is 22.4. The van der Waals surface area contributed by atoms with Crippen molar-refractivity contribution in [2.75, 3.05) is 0 Å². The minimum Gasteiger partial charge on any atom is -0.279 e. The third kappa shape index (κ3) is 2.96. The first-order valence-electron chi connectivity index (χ1n) is 11.6. The molecule has 3 aromatic heterocycles. The van der Waals surface area contributed by atoms with Gasteiger partial charge in [0.25, 0.3) is 0 Å². The Balaban J connectivity index is 1.94. The second-order valence-electron chi connectivity index (χ2n) is 13.0. The quantitative estimate of drug-likeness (QED) is 0.325. The van der Waals surface area contributed by atoms with E-state index < -0.39 is 0 Å². The Morgan fingerprint density at radius 2 is 1.44 bits per heavy atom. The summed E-state index contributed by atoms with van der Waals surface area (Å²) in [4.78, 5) is 19.8. The molecule has 1 aliphatic rings. The first kappa shape index (κ1) is 21.3. The molecule has 0 N–H and O–H groups in total. The van der Waals surface area contributed by atoms with E-state index in [0.717, 1.165) is 45.8 Å². The molecule has 0 amide bonds. The summed E-state index contributed by atoms with van der Waals surface area (Å²) in [5.74, 6) is 1.79. The van der Waals surface area contributed by atoms with Crippen molar-refractivity contribution in [1.29, 1.82) is 0 Å². The summed E-state index contributed by atoms with van der Waals surface area (Å²) in [5, 5.41) is 0.904. The monoisotopic (exact) mass is 429 g/mol. The van der Waals surface area contributed by atoms with Crippen molar-refractivity contribution in [2.45, 2.75) is 97.3 Å². The number of hydrogen-bond acceptors (Lipinski definition) is 4. The van der Waals surface area contributed by atoms with E-state index in [-0.39, 0.29) is 21.7 Å². The van der Waals surface area contributed by atoms with Gasteiger partial charge in [0.15, 0.2) is 11.3 Å². The molecule has 168 valence electrons. The molecule has 1 aromatic carbocycles. The minimum atomic E-state index is -0.166. The van der Waals surface area contributed by atoms with Gasteiger partial charge in [-0.25, -0.2) is 19.9 Å². The van der Waals surface area contributed by atoms with Gasteiger partial charge in [0.1, 0.15) is 11.6 Å². The van der Waals surface area contributed by atoms with Crippen molar-refractivity contribution in [3.63, 3.8) is 0 Å². The maximum Gasteiger partial charge on any atom is 0.168 e. The van der Waals surface area contributed by atoms with Crippen molar-refractivity contribution < 1.29 is 0 Å². The Morgan fingerprint density at radius 1 is 0.812 bits per heavy atom. The van der Waals surface area contributed by atoms with Gasteiger partial charge in [0, 0.05) is 17.0 Å². The summed E-state index contributed by atoms with van der Waals surface area (Å²) >= 11 is 0. The molecule has 0 fully saturated rings. The van der Waals surface area contributed by atoms with Gasteiger partial charge >= 0.3 is 0 Å². The van der Waals surface area contributed by atoms with Gasteiger partial charge in [-0.2, -0.15) is 0 Å². The standard InChI is InChI=1S/C27H35N5/c1-24(2,3)22-28-13-15-20(30-22)31-23(25(4,5)6)32-19-12-17-16(11-18(19)29-21(15)32)26(7,8)14-27(17,9)10/h11-13H,14H2,1-10H3. The van der Waals surface area contributed by atoms with Crippen LogP contribution in [0.1, 0.15) is 98.4 Å². The summed E-state index contributed by atoms with van der Waals surface area (Å²) in [6.07, 6.45) is 3.05. The van der Waals surface area contributed by atoms with Crippen molar-refractivity contribution in [2.24, 2.45) is 0 Å². The highest BCUT2D eigenvalue weighted by Crippen LogP contribution is 2.50. The largest absolute Gasteiger partial charge is 0.279 e. The lowest BCUT2D eigenvalue weighted by Gasteiger charge is -2.23. The van der Waals surface area contributed by atoms with Gasteiger partial charge in [-0.1, -0.05) is 69.2 Å². The zero-order valence-corrected chi connectivity index (χ0v) is 21.2. The maximum atomic E-state index is 5.14. The number of fused-ring (bicyclic) bond motifs is 6. The molecule has 5 heteroatoms. The Bertz CT molecular complexity index is 1410. The van der Waals surface area contributed by atoms with Crippen molar-refractivity contribution in [3.05, 3.63) is 41.1 Å². The van der Waals surface area contributed by atoms with Crippen LogP contribution in [0.5, 0.6) is 0 Å². The van der Waals surface area contributed by atoms with Crippen molar-refractivity contribution in [1.82, 2.24) is 24.3 Å². The average molecular weight is 430 g/mol.